The van der Waals surface area contributed by atoms with E-state index in [0.717, 1.165) is 9.87 Å². The van der Waals surface area contributed by atoms with Gasteiger partial charge >= 0.3 is 0 Å². The maximum absolute atomic E-state index is 14.0. The van der Waals surface area contributed by atoms with Crippen LogP contribution in [0.5, 0.6) is 0 Å². The first kappa shape index (κ1) is 30.5. The molecule has 3 aromatic carbocycles. The fourth-order valence-corrected chi connectivity index (χ4v) is 5.71. The third kappa shape index (κ3) is 7.97. The quantitative estimate of drug-likeness (QED) is 0.340. The van der Waals surface area contributed by atoms with Gasteiger partial charge in [0.15, 0.2) is 0 Å². The van der Waals surface area contributed by atoms with Gasteiger partial charge in [0.2, 0.25) is 11.8 Å². The van der Waals surface area contributed by atoms with Crippen LogP contribution in [0.3, 0.4) is 0 Å². The number of nitrogens with one attached hydrogen (secondary N) is 1. The van der Waals surface area contributed by atoms with Gasteiger partial charge in [-0.1, -0.05) is 59.6 Å². The second kappa shape index (κ2) is 12.4. The van der Waals surface area contributed by atoms with E-state index in [1.165, 1.54) is 23.1 Å². The maximum atomic E-state index is 14.0. The lowest BCUT2D eigenvalue weighted by Crippen LogP contribution is -2.54. The molecule has 0 bridgehead atoms. The van der Waals surface area contributed by atoms with Crippen molar-refractivity contribution < 1.29 is 18.0 Å². The van der Waals surface area contributed by atoms with Crippen molar-refractivity contribution in [2.45, 2.75) is 57.6 Å². The largest absolute Gasteiger partial charge is 0.350 e. The van der Waals surface area contributed by atoms with Crippen molar-refractivity contribution in [3.63, 3.8) is 0 Å². The minimum atomic E-state index is -4.17. The Balaban J connectivity index is 2.06. The van der Waals surface area contributed by atoms with Crippen LogP contribution in [0.1, 0.15) is 38.8 Å². The lowest BCUT2D eigenvalue weighted by molar-refractivity contribution is -0.140. The Morgan fingerprint density at radius 1 is 0.923 bits per heavy atom. The van der Waals surface area contributed by atoms with Crippen LogP contribution in [-0.2, 0) is 26.2 Å². The maximum Gasteiger partial charge on any atom is 0.264 e. The number of halogens is 2. The molecule has 7 nitrogen and oxygen atoms in total. The van der Waals surface area contributed by atoms with E-state index in [2.05, 4.69) is 5.32 Å². The zero-order valence-electron chi connectivity index (χ0n) is 22.6. The number of amides is 2. The summed E-state index contributed by atoms with van der Waals surface area (Å²) in [5, 5.41) is 3.76. The van der Waals surface area contributed by atoms with Gasteiger partial charge in [0.1, 0.15) is 12.6 Å². The Bertz CT molecular complexity index is 1420. The first-order valence-corrected chi connectivity index (χ1v) is 14.6. The van der Waals surface area contributed by atoms with Crippen molar-refractivity contribution in [2.75, 3.05) is 10.8 Å². The normalized spacial score (nSPS) is 12.5. The summed E-state index contributed by atoms with van der Waals surface area (Å²) in [6, 6.07) is 18.8. The van der Waals surface area contributed by atoms with Gasteiger partial charge < -0.3 is 10.2 Å². The van der Waals surface area contributed by atoms with Crippen LogP contribution in [0.4, 0.5) is 5.69 Å². The van der Waals surface area contributed by atoms with Crippen molar-refractivity contribution in [3.05, 3.63) is 94.0 Å². The summed E-state index contributed by atoms with van der Waals surface area (Å²) in [5.74, 6) is -0.915. The second-order valence-electron chi connectivity index (χ2n) is 10.3. The van der Waals surface area contributed by atoms with Gasteiger partial charge in [0.25, 0.3) is 10.0 Å². The summed E-state index contributed by atoms with van der Waals surface area (Å²) < 4.78 is 28.8. The second-order valence-corrected chi connectivity index (χ2v) is 13.1. The highest BCUT2D eigenvalue weighted by Gasteiger charge is 2.34. The van der Waals surface area contributed by atoms with Crippen LogP contribution in [0.2, 0.25) is 10.0 Å². The predicted octanol–water partition coefficient (Wildman–Crippen LogP) is 5.83. The van der Waals surface area contributed by atoms with Crippen molar-refractivity contribution >= 4 is 50.7 Å². The van der Waals surface area contributed by atoms with Crippen molar-refractivity contribution in [3.8, 4) is 0 Å². The fourth-order valence-electron chi connectivity index (χ4n) is 3.93. The third-order valence-corrected chi connectivity index (χ3v) is 8.24. The number of hydrogen-bond donors (Lipinski definition) is 1. The molecule has 0 saturated heterocycles. The molecule has 3 aromatic rings. The SMILES string of the molecule is Cc1ccc(Cl)cc1N(CC(=O)N(Cc1ccc(Cl)cc1)[C@@H](C)C(=O)NC(C)(C)C)S(=O)(=O)c1ccccc1. The molecule has 0 heterocycles. The van der Waals surface area contributed by atoms with Gasteiger partial charge in [-0.3, -0.25) is 13.9 Å². The molecule has 0 aliphatic heterocycles. The summed E-state index contributed by atoms with van der Waals surface area (Å²) in [7, 11) is -4.17. The van der Waals surface area contributed by atoms with Crippen LogP contribution < -0.4 is 9.62 Å². The Hall–Kier alpha value is -3.07. The van der Waals surface area contributed by atoms with Crippen molar-refractivity contribution in [1.29, 1.82) is 0 Å². The molecule has 0 radical (unpaired) electrons. The van der Waals surface area contributed by atoms with Crippen LogP contribution in [0, 0.1) is 6.92 Å². The van der Waals surface area contributed by atoms with E-state index >= 15 is 0 Å². The number of carbonyl (C=O) groups is 2. The summed E-state index contributed by atoms with van der Waals surface area (Å²) in [6.45, 7) is 8.43. The van der Waals surface area contributed by atoms with Crippen LogP contribution in [0.25, 0.3) is 0 Å². The van der Waals surface area contributed by atoms with E-state index < -0.39 is 34.1 Å². The molecule has 1 N–H and O–H groups in total. The number of nitrogens with zero attached hydrogens (tertiary/aromatic N) is 2. The van der Waals surface area contributed by atoms with Gasteiger partial charge in [-0.05, 0) is 82.1 Å². The number of anilines is 1. The Labute approximate surface area is 240 Å². The summed E-state index contributed by atoms with van der Waals surface area (Å²) in [4.78, 5) is 28.5. The van der Waals surface area contributed by atoms with E-state index in [4.69, 9.17) is 23.2 Å². The van der Waals surface area contributed by atoms with E-state index in [0.29, 0.717) is 15.6 Å². The van der Waals surface area contributed by atoms with Gasteiger partial charge in [-0.25, -0.2) is 8.42 Å². The zero-order valence-corrected chi connectivity index (χ0v) is 24.9. The molecule has 2 amide bonds. The van der Waals surface area contributed by atoms with Crippen molar-refractivity contribution in [1.82, 2.24) is 10.2 Å². The number of hydrogen-bond acceptors (Lipinski definition) is 4. The number of carbonyl (C=O) groups excluding carboxylic acids is 2. The monoisotopic (exact) mass is 589 g/mol. The molecule has 39 heavy (non-hydrogen) atoms. The third-order valence-electron chi connectivity index (χ3n) is 5.98. The highest BCUT2D eigenvalue weighted by Crippen LogP contribution is 2.30. The number of sulfonamides is 1. The molecule has 10 heteroatoms. The first-order valence-electron chi connectivity index (χ1n) is 12.4. The predicted molar refractivity (Wildman–Crippen MR) is 157 cm³/mol. The minimum Gasteiger partial charge on any atom is -0.350 e. The van der Waals surface area contributed by atoms with E-state index in [9.17, 15) is 18.0 Å². The molecular formula is C29H33Cl2N3O4S. The highest BCUT2D eigenvalue weighted by atomic mass is 35.5. The summed E-state index contributed by atoms with van der Waals surface area (Å²) in [5.41, 5.74) is 1.10. The minimum absolute atomic E-state index is 0.0277. The molecule has 0 aromatic heterocycles. The number of aryl methyl sites for hydroxylation is 1. The molecule has 208 valence electrons. The number of benzene rings is 3. The number of rotatable bonds is 9. The van der Waals surface area contributed by atoms with E-state index in [1.54, 1.807) is 68.4 Å². The van der Waals surface area contributed by atoms with Gasteiger partial charge in [0.05, 0.1) is 10.6 Å². The van der Waals surface area contributed by atoms with Crippen LogP contribution in [-0.4, -0.2) is 43.3 Å². The molecule has 1 atom stereocenters. The zero-order chi connectivity index (χ0) is 29.0. The Morgan fingerprint density at radius 2 is 1.51 bits per heavy atom. The smallest absolute Gasteiger partial charge is 0.264 e. The average molecular weight is 591 g/mol. The molecular weight excluding hydrogens is 557 g/mol. The molecule has 0 aliphatic rings. The van der Waals surface area contributed by atoms with Crippen molar-refractivity contribution in [2.24, 2.45) is 0 Å². The van der Waals surface area contributed by atoms with Gasteiger partial charge in [-0.2, -0.15) is 0 Å². The Kier molecular flexibility index (Phi) is 9.69. The lowest BCUT2D eigenvalue weighted by Gasteiger charge is -2.34. The topological polar surface area (TPSA) is 86.8 Å². The molecule has 0 saturated carbocycles. The van der Waals surface area contributed by atoms with E-state index in [1.807, 2.05) is 20.8 Å². The standard InChI is InChI=1S/C29H33Cl2N3O4S/c1-20-11-14-24(31)17-26(20)34(39(37,38)25-9-7-6-8-10-25)19-27(35)33(18-22-12-15-23(30)16-13-22)21(2)28(36)32-29(3,4)5/h6-17,21H,18-19H2,1-5H3,(H,32,36)/t21-/m0/s1. The molecule has 0 aliphatic carbocycles. The molecule has 3 rings (SSSR count). The average Bonchev–Trinajstić information content (AvgIpc) is 2.87. The highest BCUT2D eigenvalue weighted by molar-refractivity contribution is 7.92. The van der Waals surface area contributed by atoms with Crippen LogP contribution in [0.15, 0.2) is 77.7 Å². The van der Waals surface area contributed by atoms with Gasteiger partial charge in [-0.15, -0.1) is 0 Å². The first-order chi connectivity index (χ1) is 18.2. The molecule has 0 unspecified atom stereocenters. The summed E-state index contributed by atoms with van der Waals surface area (Å²) in [6.07, 6.45) is 0. The van der Waals surface area contributed by atoms with Gasteiger partial charge in [0, 0.05) is 22.1 Å². The fraction of sp³-hybridized carbons (Fsp3) is 0.310. The molecule has 0 spiro atoms. The molecule has 0 fully saturated rings. The lowest BCUT2D eigenvalue weighted by atomic mass is 10.1. The van der Waals surface area contributed by atoms with Crippen LogP contribution >= 0.6 is 23.2 Å². The Morgan fingerprint density at radius 3 is 2.10 bits per heavy atom. The summed E-state index contributed by atoms with van der Waals surface area (Å²) >= 11 is 12.3. The van der Waals surface area contributed by atoms with E-state index in [-0.39, 0.29) is 23.0 Å².